The molecular formula is C21H21N3O4. The Balaban J connectivity index is 1.78. The fourth-order valence-corrected chi connectivity index (χ4v) is 2.95. The lowest BCUT2D eigenvalue weighted by molar-refractivity contribution is 0.0600. The molecule has 2 heterocycles. The summed E-state index contributed by atoms with van der Waals surface area (Å²) in [5, 5.41) is 4.03. The molecule has 0 radical (unpaired) electrons. The van der Waals surface area contributed by atoms with Crippen molar-refractivity contribution in [3.8, 4) is 5.69 Å². The molecule has 0 aliphatic heterocycles. The first-order valence-electron chi connectivity index (χ1n) is 8.68. The Labute approximate surface area is 162 Å². The molecule has 1 N–H and O–H groups in total. The predicted molar refractivity (Wildman–Crippen MR) is 105 cm³/mol. The summed E-state index contributed by atoms with van der Waals surface area (Å²) in [6.45, 7) is 5.70. The quantitative estimate of drug-likeness (QED) is 0.417. The summed E-state index contributed by atoms with van der Waals surface area (Å²) in [5.74, 6) is 0.0982. The molecule has 0 spiro atoms. The fourth-order valence-electron chi connectivity index (χ4n) is 2.95. The molecule has 0 unspecified atom stereocenters. The Kier molecular flexibility index (Phi) is 5.44. The number of benzene rings is 1. The number of furan rings is 1. The first-order chi connectivity index (χ1) is 13.4. The molecule has 7 nitrogen and oxygen atoms in total. The van der Waals surface area contributed by atoms with Crippen molar-refractivity contribution in [3.05, 3.63) is 76.5 Å². The molecule has 2 aromatic heterocycles. The van der Waals surface area contributed by atoms with Gasteiger partial charge in [-0.3, -0.25) is 4.79 Å². The minimum absolute atomic E-state index is 0.214. The predicted octanol–water partition coefficient (Wildman–Crippen LogP) is 3.55. The molecule has 3 aromatic rings. The highest BCUT2D eigenvalue weighted by atomic mass is 16.5. The molecule has 0 atom stereocenters. The van der Waals surface area contributed by atoms with Crippen LogP contribution in [0.2, 0.25) is 0 Å². The van der Waals surface area contributed by atoms with Crippen LogP contribution in [0.25, 0.3) is 5.69 Å². The van der Waals surface area contributed by atoms with Crippen molar-refractivity contribution in [2.75, 3.05) is 7.11 Å². The Bertz CT molecular complexity index is 1040. The van der Waals surface area contributed by atoms with Crippen LogP contribution in [-0.4, -0.2) is 29.8 Å². The number of hydrogen-bond acceptors (Lipinski definition) is 5. The van der Waals surface area contributed by atoms with Gasteiger partial charge in [-0.25, -0.2) is 10.2 Å². The highest BCUT2D eigenvalue weighted by Gasteiger charge is 2.12. The van der Waals surface area contributed by atoms with Gasteiger partial charge >= 0.3 is 11.9 Å². The topological polar surface area (TPSA) is 85.8 Å². The lowest BCUT2D eigenvalue weighted by atomic mass is 10.2. The van der Waals surface area contributed by atoms with Gasteiger partial charge in [-0.1, -0.05) is 0 Å². The number of carbonyl (C=O) groups is 2. The zero-order valence-electron chi connectivity index (χ0n) is 16.1. The molecule has 28 heavy (non-hydrogen) atoms. The molecule has 0 saturated carbocycles. The summed E-state index contributed by atoms with van der Waals surface area (Å²) in [6.07, 6.45) is 1.59. The molecule has 0 aliphatic carbocycles. The molecule has 0 bridgehead atoms. The van der Waals surface area contributed by atoms with Gasteiger partial charge in [-0.2, -0.15) is 5.10 Å². The zero-order chi connectivity index (χ0) is 20.3. The van der Waals surface area contributed by atoms with E-state index >= 15 is 0 Å². The molecule has 0 fully saturated rings. The van der Waals surface area contributed by atoms with Gasteiger partial charge in [-0.05, 0) is 63.2 Å². The van der Waals surface area contributed by atoms with Crippen molar-refractivity contribution in [3.63, 3.8) is 0 Å². The Morgan fingerprint density at radius 3 is 2.43 bits per heavy atom. The Hall–Kier alpha value is -3.61. The fraction of sp³-hybridized carbons (Fsp3) is 0.190. The van der Waals surface area contributed by atoms with Gasteiger partial charge in [0.25, 0.3) is 0 Å². The van der Waals surface area contributed by atoms with E-state index in [0.29, 0.717) is 11.3 Å². The molecule has 1 amide bonds. The Morgan fingerprint density at radius 2 is 1.82 bits per heavy atom. The molecular weight excluding hydrogens is 358 g/mol. The number of rotatable bonds is 5. The van der Waals surface area contributed by atoms with Crippen LogP contribution in [0.1, 0.15) is 43.6 Å². The highest BCUT2D eigenvalue weighted by Crippen LogP contribution is 2.20. The van der Waals surface area contributed by atoms with E-state index in [1.807, 2.05) is 36.6 Å². The average Bonchev–Trinajstić information content (AvgIpc) is 3.24. The maximum absolute atomic E-state index is 12.0. The van der Waals surface area contributed by atoms with Crippen LogP contribution in [-0.2, 0) is 4.74 Å². The third kappa shape index (κ3) is 3.88. The Morgan fingerprint density at radius 1 is 1.11 bits per heavy atom. The van der Waals surface area contributed by atoms with Gasteiger partial charge in [0, 0.05) is 22.6 Å². The zero-order valence-corrected chi connectivity index (χ0v) is 16.1. The van der Waals surface area contributed by atoms with Crippen molar-refractivity contribution < 1.29 is 18.7 Å². The molecule has 7 heteroatoms. The van der Waals surface area contributed by atoms with Crippen molar-refractivity contribution >= 4 is 18.1 Å². The second kappa shape index (κ2) is 7.96. The number of ether oxygens (including phenoxy) is 1. The van der Waals surface area contributed by atoms with Gasteiger partial charge in [0.1, 0.15) is 5.76 Å². The van der Waals surface area contributed by atoms with E-state index in [4.69, 9.17) is 9.15 Å². The lowest BCUT2D eigenvalue weighted by Gasteiger charge is -2.10. The first kappa shape index (κ1) is 19.2. The third-order valence-corrected chi connectivity index (χ3v) is 4.35. The smallest absolute Gasteiger partial charge is 0.337 e. The number of aromatic nitrogens is 1. The van der Waals surface area contributed by atoms with Crippen molar-refractivity contribution in [2.24, 2.45) is 5.10 Å². The summed E-state index contributed by atoms with van der Waals surface area (Å²) in [5.41, 5.74) is 6.68. The average molecular weight is 379 g/mol. The monoisotopic (exact) mass is 379 g/mol. The minimum atomic E-state index is -0.406. The van der Waals surface area contributed by atoms with E-state index in [2.05, 4.69) is 10.5 Å². The summed E-state index contributed by atoms with van der Waals surface area (Å²) in [7, 11) is 1.36. The van der Waals surface area contributed by atoms with Crippen molar-refractivity contribution in [1.82, 2.24) is 9.99 Å². The number of hydrogen-bond donors (Lipinski definition) is 1. The van der Waals surface area contributed by atoms with Crippen LogP contribution in [0.5, 0.6) is 0 Å². The summed E-state index contributed by atoms with van der Waals surface area (Å²) >= 11 is 0. The van der Waals surface area contributed by atoms with E-state index in [1.165, 1.54) is 7.11 Å². The number of carbonyl (C=O) groups excluding carboxylic acids is 2. The van der Waals surface area contributed by atoms with Gasteiger partial charge < -0.3 is 13.7 Å². The number of nitrogens with zero attached hydrogens (tertiary/aromatic N) is 2. The summed E-state index contributed by atoms with van der Waals surface area (Å²) < 4.78 is 12.0. The van der Waals surface area contributed by atoms with E-state index in [0.717, 1.165) is 22.6 Å². The minimum Gasteiger partial charge on any atom is -0.465 e. The van der Waals surface area contributed by atoms with Crippen LogP contribution in [0.15, 0.2) is 52.0 Å². The van der Waals surface area contributed by atoms with E-state index in [9.17, 15) is 9.59 Å². The van der Waals surface area contributed by atoms with Crippen LogP contribution in [0.4, 0.5) is 0 Å². The first-order valence-corrected chi connectivity index (χ1v) is 8.68. The number of esters is 1. The largest absolute Gasteiger partial charge is 0.465 e. The van der Waals surface area contributed by atoms with E-state index in [-0.39, 0.29) is 11.7 Å². The standard InChI is InChI=1S/C21H21N3O4/c1-13-11-17(12-22-23-20(25)19-10-5-14(2)28-19)15(3)24(13)18-8-6-16(7-9-18)21(26)27-4/h5-12H,1-4H3,(H,23,25)/b22-12-. The molecule has 0 aliphatic rings. The second-order valence-electron chi connectivity index (χ2n) is 6.31. The lowest BCUT2D eigenvalue weighted by Crippen LogP contribution is -2.16. The van der Waals surface area contributed by atoms with Crippen LogP contribution in [0.3, 0.4) is 0 Å². The molecule has 3 rings (SSSR count). The van der Waals surface area contributed by atoms with Crippen molar-refractivity contribution in [1.29, 1.82) is 0 Å². The number of amides is 1. The van der Waals surface area contributed by atoms with Crippen molar-refractivity contribution in [2.45, 2.75) is 20.8 Å². The SMILES string of the molecule is COC(=O)c1ccc(-n2c(C)cc(/C=N\NC(=O)c3ccc(C)o3)c2C)cc1. The molecule has 1 aromatic carbocycles. The van der Waals surface area contributed by atoms with E-state index in [1.54, 1.807) is 37.4 Å². The molecule has 144 valence electrons. The highest BCUT2D eigenvalue weighted by molar-refractivity contribution is 5.92. The molecule has 0 saturated heterocycles. The van der Waals surface area contributed by atoms with Gasteiger partial charge in [-0.15, -0.1) is 0 Å². The normalized spacial score (nSPS) is 11.0. The number of aryl methyl sites for hydroxylation is 2. The van der Waals surface area contributed by atoms with Crippen LogP contribution < -0.4 is 5.43 Å². The number of methoxy groups -OCH3 is 1. The maximum atomic E-state index is 12.0. The second-order valence-corrected chi connectivity index (χ2v) is 6.31. The van der Waals surface area contributed by atoms with Gasteiger partial charge in [0.05, 0.1) is 18.9 Å². The third-order valence-electron chi connectivity index (χ3n) is 4.35. The number of nitrogens with one attached hydrogen (secondary N) is 1. The van der Waals surface area contributed by atoms with E-state index < -0.39 is 5.91 Å². The maximum Gasteiger partial charge on any atom is 0.337 e. The summed E-state index contributed by atoms with van der Waals surface area (Å²) in [4.78, 5) is 23.6. The van der Waals surface area contributed by atoms with Gasteiger partial charge in [0.2, 0.25) is 0 Å². The number of hydrazone groups is 1. The summed E-state index contributed by atoms with van der Waals surface area (Å²) in [6, 6.07) is 12.4. The van der Waals surface area contributed by atoms with Gasteiger partial charge in [0.15, 0.2) is 5.76 Å². The van der Waals surface area contributed by atoms with Crippen LogP contribution >= 0.6 is 0 Å². The van der Waals surface area contributed by atoms with Crippen LogP contribution in [0, 0.1) is 20.8 Å².